The van der Waals surface area contributed by atoms with Gasteiger partial charge in [-0.15, -0.1) is 0 Å². The van der Waals surface area contributed by atoms with E-state index < -0.39 is 0 Å². The number of rotatable bonds is 0. The van der Waals surface area contributed by atoms with Crippen molar-refractivity contribution in [3.05, 3.63) is 0 Å². The smallest absolute Gasteiger partial charge is 0.00671 e. The maximum atomic E-state index is 5.77. The van der Waals surface area contributed by atoms with Crippen LogP contribution in [-0.4, -0.2) is 6.04 Å². The first-order valence-corrected chi connectivity index (χ1v) is 3.47. The molecule has 1 fully saturated rings. The van der Waals surface area contributed by atoms with Crippen molar-refractivity contribution < 1.29 is 0 Å². The van der Waals surface area contributed by atoms with Crippen LogP contribution in [0.4, 0.5) is 0 Å². The van der Waals surface area contributed by atoms with Crippen molar-refractivity contribution in [2.75, 3.05) is 0 Å². The first-order valence-electron chi connectivity index (χ1n) is 3.47. The quantitative estimate of drug-likeness (QED) is 0.504. The lowest BCUT2D eigenvalue weighted by atomic mass is 9.98. The van der Waals surface area contributed by atoms with Gasteiger partial charge in [0.2, 0.25) is 0 Å². The Balaban J connectivity index is 2.44. The van der Waals surface area contributed by atoms with E-state index in [0.29, 0.717) is 6.04 Å². The summed E-state index contributed by atoms with van der Waals surface area (Å²) in [5.41, 5.74) is 5.77. The molecule has 0 saturated heterocycles. The fraction of sp³-hybridized carbons (Fsp3) is 1.00. The summed E-state index contributed by atoms with van der Waals surface area (Å²) in [5, 5.41) is 0. The van der Waals surface area contributed by atoms with Gasteiger partial charge in [-0.25, -0.2) is 0 Å². The minimum absolute atomic E-state index is 0.491. The van der Waals surface area contributed by atoms with Gasteiger partial charge < -0.3 is 5.73 Å². The molecule has 8 heavy (non-hydrogen) atoms. The molecular weight excluding hydrogens is 98.1 g/mol. The molecule has 0 aliphatic heterocycles. The second-order valence-electron chi connectivity index (χ2n) is 3.08. The molecule has 1 saturated carbocycles. The van der Waals surface area contributed by atoms with Crippen molar-refractivity contribution in [3.8, 4) is 0 Å². The van der Waals surface area contributed by atoms with Crippen molar-refractivity contribution in [1.82, 2.24) is 0 Å². The number of nitrogens with two attached hydrogens (primary N) is 1. The molecule has 1 nitrogen and oxygen atoms in total. The van der Waals surface area contributed by atoms with Crippen LogP contribution in [0.1, 0.15) is 26.7 Å². The zero-order valence-corrected chi connectivity index (χ0v) is 5.72. The van der Waals surface area contributed by atoms with E-state index in [1.54, 1.807) is 0 Å². The summed E-state index contributed by atoms with van der Waals surface area (Å²) in [6, 6.07) is 0.491. The van der Waals surface area contributed by atoms with Crippen LogP contribution in [0.15, 0.2) is 0 Å². The SMILES string of the molecule is CC1CC[C@@H](N)C1C. The molecule has 0 bridgehead atoms. The van der Waals surface area contributed by atoms with Gasteiger partial charge in [-0.3, -0.25) is 0 Å². The molecular formula is C7H15N. The molecule has 1 heteroatoms. The van der Waals surface area contributed by atoms with Crippen LogP contribution >= 0.6 is 0 Å². The molecule has 0 aromatic rings. The lowest BCUT2D eigenvalue weighted by Gasteiger charge is -2.11. The Kier molecular flexibility index (Phi) is 1.57. The first kappa shape index (κ1) is 6.09. The van der Waals surface area contributed by atoms with Crippen LogP contribution in [0, 0.1) is 11.8 Å². The standard InChI is InChI=1S/C7H15N/c1-5-3-4-7(8)6(5)2/h5-7H,3-4,8H2,1-2H3/t5?,6?,7-/m1/s1. The molecule has 0 heterocycles. The van der Waals surface area contributed by atoms with Crippen molar-refractivity contribution in [3.63, 3.8) is 0 Å². The highest BCUT2D eigenvalue weighted by molar-refractivity contribution is 4.81. The number of hydrogen-bond donors (Lipinski definition) is 1. The molecule has 0 aromatic heterocycles. The molecule has 1 aliphatic rings. The van der Waals surface area contributed by atoms with Gasteiger partial charge >= 0.3 is 0 Å². The summed E-state index contributed by atoms with van der Waals surface area (Å²) in [4.78, 5) is 0. The summed E-state index contributed by atoms with van der Waals surface area (Å²) in [7, 11) is 0. The fourth-order valence-corrected chi connectivity index (χ4v) is 1.40. The van der Waals surface area contributed by atoms with Gasteiger partial charge in [0.05, 0.1) is 0 Å². The van der Waals surface area contributed by atoms with Gasteiger partial charge in [0.25, 0.3) is 0 Å². The van der Waals surface area contributed by atoms with Crippen molar-refractivity contribution >= 4 is 0 Å². The molecule has 0 spiro atoms. The van der Waals surface area contributed by atoms with Crippen LogP contribution in [0.25, 0.3) is 0 Å². The highest BCUT2D eigenvalue weighted by atomic mass is 14.7. The third kappa shape index (κ3) is 0.873. The second-order valence-corrected chi connectivity index (χ2v) is 3.08. The van der Waals surface area contributed by atoms with E-state index in [-0.39, 0.29) is 0 Å². The summed E-state index contributed by atoms with van der Waals surface area (Å²) < 4.78 is 0. The minimum atomic E-state index is 0.491. The van der Waals surface area contributed by atoms with E-state index in [4.69, 9.17) is 5.73 Å². The maximum absolute atomic E-state index is 5.77. The lowest BCUT2D eigenvalue weighted by molar-refractivity contribution is 0.422. The topological polar surface area (TPSA) is 26.0 Å². The van der Waals surface area contributed by atoms with Crippen LogP contribution in [-0.2, 0) is 0 Å². The molecule has 1 aliphatic carbocycles. The highest BCUT2D eigenvalue weighted by Crippen LogP contribution is 2.29. The fourth-order valence-electron chi connectivity index (χ4n) is 1.40. The molecule has 0 amide bonds. The molecule has 0 radical (unpaired) electrons. The Morgan fingerprint density at radius 2 is 1.88 bits per heavy atom. The van der Waals surface area contributed by atoms with Crippen LogP contribution in [0.5, 0.6) is 0 Å². The van der Waals surface area contributed by atoms with Gasteiger partial charge in [-0.1, -0.05) is 13.8 Å². The van der Waals surface area contributed by atoms with Crippen molar-refractivity contribution in [1.29, 1.82) is 0 Å². The maximum Gasteiger partial charge on any atom is 0.00671 e. The third-order valence-corrected chi connectivity index (χ3v) is 2.53. The van der Waals surface area contributed by atoms with Crippen molar-refractivity contribution in [2.24, 2.45) is 17.6 Å². The van der Waals surface area contributed by atoms with E-state index in [0.717, 1.165) is 11.8 Å². The van der Waals surface area contributed by atoms with E-state index in [1.807, 2.05) is 0 Å². The van der Waals surface area contributed by atoms with E-state index >= 15 is 0 Å². The van der Waals surface area contributed by atoms with Gasteiger partial charge in [-0.2, -0.15) is 0 Å². The predicted octanol–water partition coefficient (Wildman–Crippen LogP) is 1.38. The van der Waals surface area contributed by atoms with Crippen LogP contribution in [0.2, 0.25) is 0 Å². The zero-order chi connectivity index (χ0) is 6.15. The molecule has 1 rings (SSSR count). The van der Waals surface area contributed by atoms with Crippen LogP contribution in [0.3, 0.4) is 0 Å². The van der Waals surface area contributed by atoms with E-state index in [2.05, 4.69) is 13.8 Å². The minimum Gasteiger partial charge on any atom is -0.327 e. The lowest BCUT2D eigenvalue weighted by Crippen LogP contribution is -2.24. The summed E-state index contributed by atoms with van der Waals surface area (Å²) in [5.74, 6) is 1.62. The summed E-state index contributed by atoms with van der Waals surface area (Å²) >= 11 is 0. The Hall–Kier alpha value is -0.0400. The molecule has 48 valence electrons. The second kappa shape index (κ2) is 2.06. The highest BCUT2D eigenvalue weighted by Gasteiger charge is 2.25. The van der Waals surface area contributed by atoms with Gasteiger partial charge in [0, 0.05) is 6.04 Å². The van der Waals surface area contributed by atoms with Crippen LogP contribution < -0.4 is 5.73 Å². The Bertz CT molecular complexity index is 70.5. The average molecular weight is 113 g/mol. The average Bonchev–Trinajstić information content (AvgIpc) is 1.98. The molecule has 2 N–H and O–H groups in total. The number of hydrogen-bond acceptors (Lipinski definition) is 1. The third-order valence-electron chi connectivity index (χ3n) is 2.53. The largest absolute Gasteiger partial charge is 0.327 e. The Morgan fingerprint density at radius 1 is 1.25 bits per heavy atom. The summed E-state index contributed by atoms with van der Waals surface area (Å²) in [6.45, 7) is 4.54. The molecule has 2 unspecified atom stereocenters. The van der Waals surface area contributed by atoms with E-state index in [1.165, 1.54) is 12.8 Å². The zero-order valence-electron chi connectivity index (χ0n) is 5.72. The van der Waals surface area contributed by atoms with Gasteiger partial charge in [-0.05, 0) is 24.7 Å². The van der Waals surface area contributed by atoms with E-state index in [9.17, 15) is 0 Å². The van der Waals surface area contributed by atoms with Gasteiger partial charge in [0.1, 0.15) is 0 Å². The normalized spacial score (nSPS) is 47.6. The predicted molar refractivity (Wildman–Crippen MR) is 35.5 cm³/mol. The Labute approximate surface area is 51.3 Å². The first-order chi connectivity index (χ1) is 3.72. The van der Waals surface area contributed by atoms with Crippen molar-refractivity contribution in [2.45, 2.75) is 32.7 Å². The van der Waals surface area contributed by atoms with Gasteiger partial charge in [0.15, 0.2) is 0 Å². The summed E-state index contributed by atoms with van der Waals surface area (Å²) in [6.07, 6.45) is 2.57. The Morgan fingerprint density at radius 3 is 2.00 bits per heavy atom. The molecule has 0 aromatic carbocycles. The molecule has 3 atom stereocenters. The monoisotopic (exact) mass is 113 g/mol.